The lowest BCUT2D eigenvalue weighted by Crippen LogP contribution is -2.47. The number of ether oxygens (including phenoxy) is 2. The van der Waals surface area contributed by atoms with Crippen molar-refractivity contribution in [1.82, 2.24) is 4.98 Å². The molecule has 1 aromatic carbocycles. The summed E-state index contributed by atoms with van der Waals surface area (Å²) < 4.78 is 119. The molecule has 0 bridgehead atoms. The molecule has 2 heterocycles. The van der Waals surface area contributed by atoms with Crippen LogP contribution in [0.15, 0.2) is 30.5 Å². The van der Waals surface area contributed by atoms with Crippen LogP contribution in [-0.4, -0.2) is 35.9 Å². The van der Waals surface area contributed by atoms with Gasteiger partial charge >= 0.3 is 6.18 Å². The molecular weight excluding hydrogens is 492 g/mol. The van der Waals surface area contributed by atoms with E-state index in [0.29, 0.717) is 13.0 Å². The Bertz CT molecular complexity index is 1080. The van der Waals surface area contributed by atoms with Gasteiger partial charge in [-0.25, -0.2) is 22.0 Å². The average Bonchev–Trinajstić information content (AvgIpc) is 3.05. The molecular formula is C22H20F8N2O3. The number of methoxy groups -OCH3 is 1. The second-order valence-corrected chi connectivity index (χ2v) is 8.10. The zero-order valence-electron chi connectivity index (χ0n) is 18.5. The second-order valence-electron chi connectivity index (χ2n) is 8.10. The standard InChI is InChI=1S/C22H20F8N2O3/c1-9-14(11-5-6-12(23)15(19(26)27)16(11)34-3)17(35-21(9,2)22(28,29)30)20(33)32-10-4-7-13(18(24)25)31-8-10/h4-9,14,17-19H,1-3H3,(H,32,33)/t9-,14-,17+,21+/m0/s1. The minimum Gasteiger partial charge on any atom is -0.496 e. The van der Waals surface area contributed by atoms with E-state index in [2.05, 4.69) is 10.3 Å². The largest absolute Gasteiger partial charge is 0.496 e. The second kappa shape index (κ2) is 9.59. The summed E-state index contributed by atoms with van der Waals surface area (Å²) in [4.78, 5) is 16.5. The normalized spacial score (nSPS) is 24.8. The van der Waals surface area contributed by atoms with Crippen LogP contribution >= 0.6 is 0 Å². The number of halogens is 8. The molecule has 1 fully saturated rings. The minimum atomic E-state index is -4.97. The SMILES string of the molecule is COc1c([C@H]2[C@H](C(=O)Nc3ccc(C(F)F)nc3)O[C@@](C)(C(F)(F)F)[C@H]2C)ccc(F)c1C(F)F. The van der Waals surface area contributed by atoms with Gasteiger partial charge in [-0.2, -0.15) is 13.2 Å². The molecule has 0 unspecified atom stereocenters. The van der Waals surface area contributed by atoms with Crippen molar-refractivity contribution in [2.75, 3.05) is 12.4 Å². The van der Waals surface area contributed by atoms with E-state index in [9.17, 15) is 39.9 Å². The van der Waals surface area contributed by atoms with Crippen molar-refractivity contribution < 1.29 is 49.4 Å². The number of nitrogens with zero attached hydrogens (tertiary/aromatic N) is 1. The van der Waals surface area contributed by atoms with Gasteiger partial charge in [0.15, 0.2) is 5.60 Å². The highest BCUT2D eigenvalue weighted by atomic mass is 19.4. The summed E-state index contributed by atoms with van der Waals surface area (Å²) in [6.45, 7) is 1.83. The van der Waals surface area contributed by atoms with Gasteiger partial charge < -0.3 is 14.8 Å². The predicted molar refractivity (Wildman–Crippen MR) is 107 cm³/mol. The number of hydrogen-bond acceptors (Lipinski definition) is 4. The fourth-order valence-electron chi connectivity index (χ4n) is 4.13. The molecule has 0 radical (unpaired) electrons. The molecule has 0 saturated carbocycles. The fraction of sp³-hybridized carbons (Fsp3) is 0.455. The quantitative estimate of drug-likeness (QED) is 0.470. The molecule has 1 aliphatic heterocycles. The van der Waals surface area contributed by atoms with E-state index >= 15 is 0 Å². The molecule has 1 saturated heterocycles. The molecule has 4 atom stereocenters. The lowest BCUT2D eigenvalue weighted by Gasteiger charge is -2.32. The molecule has 0 aliphatic carbocycles. The maximum absolute atomic E-state index is 14.1. The van der Waals surface area contributed by atoms with Crippen LogP contribution in [0.4, 0.5) is 40.8 Å². The first-order chi connectivity index (χ1) is 16.2. The van der Waals surface area contributed by atoms with E-state index in [4.69, 9.17) is 9.47 Å². The zero-order chi connectivity index (χ0) is 26.3. The van der Waals surface area contributed by atoms with Gasteiger partial charge in [0.1, 0.15) is 23.4 Å². The highest BCUT2D eigenvalue weighted by Crippen LogP contribution is 2.55. The summed E-state index contributed by atoms with van der Waals surface area (Å²) in [5.74, 6) is -6.17. The van der Waals surface area contributed by atoms with Crippen molar-refractivity contribution >= 4 is 11.6 Å². The number of amides is 1. The molecule has 192 valence electrons. The van der Waals surface area contributed by atoms with E-state index in [1.54, 1.807) is 0 Å². The van der Waals surface area contributed by atoms with Gasteiger partial charge in [-0.15, -0.1) is 0 Å². The van der Waals surface area contributed by atoms with Gasteiger partial charge in [0.05, 0.1) is 24.6 Å². The topological polar surface area (TPSA) is 60.5 Å². The number of carbonyl (C=O) groups is 1. The number of aromatic nitrogens is 1. The molecule has 3 rings (SSSR count). The Kier molecular flexibility index (Phi) is 7.30. The van der Waals surface area contributed by atoms with Gasteiger partial charge in [-0.1, -0.05) is 13.0 Å². The molecule has 1 N–H and O–H groups in total. The molecule has 0 spiro atoms. The maximum atomic E-state index is 14.1. The van der Waals surface area contributed by atoms with Crippen molar-refractivity contribution in [3.8, 4) is 5.75 Å². The lowest BCUT2D eigenvalue weighted by atomic mass is 9.76. The highest BCUT2D eigenvalue weighted by Gasteiger charge is 2.66. The average molecular weight is 512 g/mol. The summed E-state index contributed by atoms with van der Waals surface area (Å²) in [6.07, 6.45) is -12.2. The van der Waals surface area contributed by atoms with E-state index in [-0.39, 0.29) is 11.3 Å². The van der Waals surface area contributed by atoms with Crippen molar-refractivity contribution in [2.24, 2.45) is 5.92 Å². The Labute approximate surface area is 194 Å². The van der Waals surface area contributed by atoms with Crippen LogP contribution in [0.25, 0.3) is 0 Å². The van der Waals surface area contributed by atoms with Gasteiger partial charge in [-0.3, -0.25) is 9.78 Å². The number of benzene rings is 1. The van der Waals surface area contributed by atoms with Crippen LogP contribution in [0.1, 0.15) is 49.4 Å². The zero-order valence-corrected chi connectivity index (χ0v) is 18.5. The lowest BCUT2D eigenvalue weighted by molar-refractivity contribution is -0.272. The van der Waals surface area contributed by atoms with E-state index in [1.165, 1.54) is 0 Å². The van der Waals surface area contributed by atoms with Crippen molar-refractivity contribution in [1.29, 1.82) is 0 Å². The van der Waals surface area contributed by atoms with Crippen LogP contribution in [0.2, 0.25) is 0 Å². The molecule has 2 aromatic rings. The first kappa shape index (κ1) is 26.6. The Balaban J connectivity index is 2.08. The summed E-state index contributed by atoms with van der Waals surface area (Å²) in [5, 5.41) is 2.24. The van der Waals surface area contributed by atoms with Crippen LogP contribution in [-0.2, 0) is 9.53 Å². The van der Waals surface area contributed by atoms with Crippen molar-refractivity contribution in [3.05, 3.63) is 53.1 Å². The molecule has 1 amide bonds. The van der Waals surface area contributed by atoms with Crippen LogP contribution in [0.3, 0.4) is 0 Å². The van der Waals surface area contributed by atoms with Crippen LogP contribution < -0.4 is 10.1 Å². The third kappa shape index (κ3) is 4.78. The fourth-order valence-corrected chi connectivity index (χ4v) is 4.13. The third-order valence-electron chi connectivity index (χ3n) is 6.16. The highest BCUT2D eigenvalue weighted by molar-refractivity contribution is 5.95. The number of nitrogens with one attached hydrogen (secondary N) is 1. The Morgan fingerprint density at radius 1 is 1.14 bits per heavy atom. The van der Waals surface area contributed by atoms with Gasteiger partial charge in [0.2, 0.25) is 0 Å². The van der Waals surface area contributed by atoms with Crippen molar-refractivity contribution in [2.45, 2.75) is 50.5 Å². The number of rotatable bonds is 6. The van der Waals surface area contributed by atoms with Crippen molar-refractivity contribution in [3.63, 3.8) is 0 Å². The van der Waals surface area contributed by atoms with Crippen LogP contribution in [0, 0.1) is 11.7 Å². The smallest absolute Gasteiger partial charge is 0.417 e. The summed E-state index contributed by atoms with van der Waals surface area (Å²) in [5.41, 5.74) is -5.04. The maximum Gasteiger partial charge on any atom is 0.417 e. The number of anilines is 1. The molecule has 35 heavy (non-hydrogen) atoms. The van der Waals surface area contributed by atoms with E-state index in [1.807, 2.05) is 0 Å². The summed E-state index contributed by atoms with van der Waals surface area (Å²) in [6, 6.07) is 3.59. The Morgan fingerprint density at radius 3 is 2.29 bits per heavy atom. The third-order valence-corrected chi connectivity index (χ3v) is 6.16. The number of carbonyl (C=O) groups excluding carboxylic acids is 1. The van der Waals surface area contributed by atoms with Crippen LogP contribution in [0.5, 0.6) is 5.75 Å². The predicted octanol–water partition coefficient (Wildman–Crippen LogP) is 6.18. The summed E-state index contributed by atoms with van der Waals surface area (Å²) in [7, 11) is 0.943. The van der Waals surface area contributed by atoms with E-state index < -0.39 is 71.3 Å². The molecule has 1 aliphatic rings. The monoisotopic (exact) mass is 512 g/mol. The van der Waals surface area contributed by atoms with Gasteiger partial charge in [0, 0.05) is 17.4 Å². The number of hydrogen-bond donors (Lipinski definition) is 1. The van der Waals surface area contributed by atoms with Gasteiger partial charge in [0.25, 0.3) is 18.8 Å². The van der Waals surface area contributed by atoms with Gasteiger partial charge in [-0.05, 0) is 25.1 Å². The number of pyridine rings is 1. The van der Waals surface area contributed by atoms with E-state index in [0.717, 1.165) is 38.4 Å². The number of alkyl halides is 7. The Hall–Kier alpha value is -2.96. The Morgan fingerprint density at radius 2 is 1.80 bits per heavy atom. The first-order valence-corrected chi connectivity index (χ1v) is 10.2. The molecule has 1 aromatic heterocycles. The molecule has 5 nitrogen and oxygen atoms in total. The minimum absolute atomic E-state index is 0.116. The first-order valence-electron chi connectivity index (χ1n) is 10.2. The summed E-state index contributed by atoms with van der Waals surface area (Å²) >= 11 is 0. The molecule has 13 heteroatoms.